The maximum Gasteiger partial charge on any atom is 0.313 e. The summed E-state index contributed by atoms with van der Waals surface area (Å²) >= 11 is 1.06. The third-order valence-corrected chi connectivity index (χ3v) is 4.54. The highest BCUT2D eigenvalue weighted by Gasteiger charge is 2.25. The standard InChI is InChI=1S/C16H20N2O4S/c19-14(9-23-10-15(20)21)17-8-11-3-1-6-13(7-11)18-16(22)12-4-2-5-12/h1,3,6-7,12H,2,4-5,8-10H2,(H,17,19)(H,18,22)(H,20,21). The first-order valence-electron chi connectivity index (χ1n) is 7.50. The van der Waals surface area contributed by atoms with E-state index in [0.29, 0.717) is 6.54 Å². The van der Waals surface area contributed by atoms with Crippen molar-refractivity contribution in [3.05, 3.63) is 29.8 Å². The van der Waals surface area contributed by atoms with Crippen LogP contribution in [-0.4, -0.2) is 34.4 Å². The minimum Gasteiger partial charge on any atom is -0.481 e. The fourth-order valence-electron chi connectivity index (χ4n) is 2.16. The topological polar surface area (TPSA) is 95.5 Å². The molecule has 0 heterocycles. The molecule has 0 aromatic heterocycles. The molecule has 0 spiro atoms. The van der Waals surface area contributed by atoms with Crippen LogP contribution in [0.3, 0.4) is 0 Å². The molecule has 1 saturated carbocycles. The average molecular weight is 336 g/mol. The molecule has 1 fully saturated rings. The van der Waals surface area contributed by atoms with Gasteiger partial charge >= 0.3 is 5.97 Å². The van der Waals surface area contributed by atoms with Gasteiger partial charge < -0.3 is 15.7 Å². The average Bonchev–Trinajstić information content (AvgIpc) is 2.43. The monoisotopic (exact) mass is 336 g/mol. The van der Waals surface area contributed by atoms with Crippen molar-refractivity contribution in [2.45, 2.75) is 25.8 Å². The fourth-order valence-corrected chi connectivity index (χ4v) is 2.72. The number of nitrogens with one attached hydrogen (secondary N) is 2. The fraction of sp³-hybridized carbons (Fsp3) is 0.438. The molecule has 0 aliphatic heterocycles. The molecule has 1 aromatic carbocycles. The number of carbonyl (C=O) groups is 3. The highest BCUT2D eigenvalue weighted by atomic mass is 32.2. The van der Waals surface area contributed by atoms with Crippen molar-refractivity contribution < 1.29 is 19.5 Å². The van der Waals surface area contributed by atoms with E-state index in [1.165, 1.54) is 0 Å². The first kappa shape index (κ1) is 17.3. The molecular formula is C16H20N2O4S. The second-order valence-electron chi connectivity index (χ2n) is 5.48. The highest BCUT2D eigenvalue weighted by Crippen LogP contribution is 2.27. The maximum absolute atomic E-state index is 11.9. The molecule has 0 atom stereocenters. The van der Waals surface area contributed by atoms with E-state index < -0.39 is 5.97 Å². The third-order valence-electron chi connectivity index (χ3n) is 3.62. The summed E-state index contributed by atoms with van der Waals surface area (Å²) < 4.78 is 0. The third kappa shape index (κ3) is 5.94. The number of amides is 2. The summed E-state index contributed by atoms with van der Waals surface area (Å²) in [6.45, 7) is 0.347. The van der Waals surface area contributed by atoms with E-state index in [9.17, 15) is 14.4 Å². The van der Waals surface area contributed by atoms with Gasteiger partial charge in [-0.1, -0.05) is 18.6 Å². The Bertz CT molecular complexity index is 587. The van der Waals surface area contributed by atoms with E-state index >= 15 is 0 Å². The summed E-state index contributed by atoms with van der Waals surface area (Å²) in [6, 6.07) is 7.35. The van der Waals surface area contributed by atoms with Crippen LogP contribution in [0.2, 0.25) is 0 Å². The molecule has 1 aliphatic carbocycles. The second kappa shape index (κ2) is 8.57. The molecule has 1 aliphatic rings. The van der Waals surface area contributed by atoms with Gasteiger partial charge in [-0.15, -0.1) is 11.8 Å². The van der Waals surface area contributed by atoms with Crippen LogP contribution >= 0.6 is 11.8 Å². The molecule has 1 aromatic rings. The Morgan fingerprint density at radius 3 is 2.65 bits per heavy atom. The van der Waals surface area contributed by atoms with Gasteiger partial charge in [0.1, 0.15) is 0 Å². The van der Waals surface area contributed by atoms with Gasteiger partial charge in [0.25, 0.3) is 0 Å². The quantitative estimate of drug-likeness (QED) is 0.673. The van der Waals surface area contributed by atoms with Gasteiger partial charge in [0.15, 0.2) is 0 Å². The summed E-state index contributed by atoms with van der Waals surface area (Å²) in [6.07, 6.45) is 3.02. The summed E-state index contributed by atoms with van der Waals surface area (Å²) in [7, 11) is 0. The summed E-state index contributed by atoms with van der Waals surface area (Å²) in [5, 5.41) is 14.1. The predicted molar refractivity (Wildman–Crippen MR) is 89.2 cm³/mol. The normalized spacial score (nSPS) is 13.9. The number of anilines is 1. The van der Waals surface area contributed by atoms with E-state index in [0.717, 1.165) is 42.3 Å². The largest absolute Gasteiger partial charge is 0.481 e. The minimum atomic E-state index is -0.933. The van der Waals surface area contributed by atoms with Crippen LogP contribution in [0.15, 0.2) is 24.3 Å². The van der Waals surface area contributed by atoms with Crippen molar-refractivity contribution in [2.75, 3.05) is 16.8 Å². The van der Waals surface area contributed by atoms with Gasteiger partial charge in [0.05, 0.1) is 11.5 Å². The number of hydrogen-bond acceptors (Lipinski definition) is 4. The van der Waals surface area contributed by atoms with Gasteiger partial charge in [-0.2, -0.15) is 0 Å². The van der Waals surface area contributed by atoms with Crippen LogP contribution in [0.5, 0.6) is 0 Å². The van der Waals surface area contributed by atoms with Crippen molar-refractivity contribution in [1.82, 2.24) is 5.32 Å². The number of thioether (sulfide) groups is 1. The zero-order valence-corrected chi connectivity index (χ0v) is 13.5. The van der Waals surface area contributed by atoms with E-state index in [4.69, 9.17) is 5.11 Å². The van der Waals surface area contributed by atoms with Crippen molar-refractivity contribution >= 4 is 35.2 Å². The highest BCUT2D eigenvalue weighted by molar-refractivity contribution is 8.00. The van der Waals surface area contributed by atoms with E-state index in [-0.39, 0.29) is 29.2 Å². The van der Waals surface area contributed by atoms with Crippen LogP contribution in [0.4, 0.5) is 5.69 Å². The van der Waals surface area contributed by atoms with Crippen LogP contribution in [0, 0.1) is 5.92 Å². The Hall–Kier alpha value is -2.02. The first-order valence-corrected chi connectivity index (χ1v) is 8.66. The molecule has 0 bridgehead atoms. The minimum absolute atomic E-state index is 0.0579. The zero-order chi connectivity index (χ0) is 16.7. The number of rotatable bonds is 8. The van der Waals surface area contributed by atoms with Crippen molar-refractivity contribution in [2.24, 2.45) is 5.92 Å². The number of aliphatic carboxylic acids is 1. The predicted octanol–water partition coefficient (Wildman–Crippen LogP) is 1.86. The molecule has 0 radical (unpaired) electrons. The van der Waals surface area contributed by atoms with E-state index in [1.54, 1.807) is 0 Å². The zero-order valence-electron chi connectivity index (χ0n) is 12.7. The first-order chi connectivity index (χ1) is 11.0. The lowest BCUT2D eigenvalue weighted by Crippen LogP contribution is -2.28. The van der Waals surface area contributed by atoms with Crippen molar-refractivity contribution in [3.8, 4) is 0 Å². The molecule has 7 heteroatoms. The lowest BCUT2D eigenvalue weighted by atomic mass is 9.85. The summed E-state index contributed by atoms with van der Waals surface area (Å²) in [5.74, 6) is -0.925. The van der Waals surface area contributed by atoms with Crippen molar-refractivity contribution in [3.63, 3.8) is 0 Å². The van der Waals surface area contributed by atoms with Gasteiger partial charge in [0, 0.05) is 18.2 Å². The van der Waals surface area contributed by atoms with Gasteiger partial charge in [0.2, 0.25) is 11.8 Å². The molecule has 2 rings (SSSR count). The van der Waals surface area contributed by atoms with Crippen LogP contribution < -0.4 is 10.6 Å². The number of carboxylic acids is 1. The Kier molecular flexibility index (Phi) is 6.46. The van der Waals surface area contributed by atoms with Gasteiger partial charge in [-0.3, -0.25) is 14.4 Å². The molecule has 6 nitrogen and oxygen atoms in total. The number of carbonyl (C=O) groups excluding carboxylic acids is 2. The Labute approximate surface area is 139 Å². The molecule has 23 heavy (non-hydrogen) atoms. The smallest absolute Gasteiger partial charge is 0.313 e. The molecule has 0 unspecified atom stereocenters. The number of benzene rings is 1. The molecule has 124 valence electrons. The van der Waals surface area contributed by atoms with E-state index in [1.807, 2.05) is 24.3 Å². The second-order valence-corrected chi connectivity index (χ2v) is 6.47. The SMILES string of the molecule is O=C(O)CSCC(=O)NCc1cccc(NC(=O)C2CCC2)c1. The molecule has 3 N–H and O–H groups in total. The van der Waals surface area contributed by atoms with Gasteiger partial charge in [-0.25, -0.2) is 0 Å². The van der Waals surface area contributed by atoms with E-state index in [2.05, 4.69) is 10.6 Å². The van der Waals surface area contributed by atoms with Crippen LogP contribution in [-0.2, 0) is 20.9 Å². The Balaban J connectivity index is 1.76. The maximum atomic E-state index is 11.9. The lowest BCUT2D eigenvalue weighted by molar-refractivity contribution is -0.134. The Morgan fingerprint density at radius 1 is 1.22 bits per heavy atom. The Morgan fingerprint density at radius 2 is 2.00 bits per heavy atom. The number of carboxylic acid groups (broad SMARTS) is 1. The van der Waals surface area contributed by atoms with Crippen LogP contribution in [0.1, 0.15) is 24.8 Å². The molecule has 2 amide bonds. The van der Waals surface area contributed by atoms with Crippen molar-refractivity contribution in [1.29, 1.82) is 0 Å². The van der Waals surface area contributed by atoms with Gasteiger partial charge in [-0.05, 0) is 30.5 Å². The summed E-state index contributed by atoms with van der Waals surface area (Å²) in [5.41, 5.74) is 1.61. The molecular weight excluding hydrogens is 316 g/mol. The number of hydrogen-bond donors (Lipinski definition) is 3. The summed E-state index contributed by atoms with van der Waals surface area (Å²) in [4.78, 5) is 33.9. The molecule has 0 saturated heterocycles. The van der Waals surface area contributed by atoms with Crippen LogP contribution in [0.25, 0.3) is 0 Å². The lowest BCUT2D eigenvalue weighted by Gasteiger charge is -2.24.